The van der Waals surface area contributed by atoms with E-state index in [-0.39, 0.29) is 17.0 Å². The minimum Gasteiger partial charge on any atom is -0.496 e. The van der Waals surface area contributed by atoms with Crippen LogP contribution in [-0.2, 0) is 0 Å². The van der Waals surface area contributed by atoms with E-state index in [4.69, 9.17) is 14.0 Å². The first-order valence-electron chi connectivity index (χ1n) is 5.61. The van der Waals surface area contributed by atoms with Crippen LogP contribution in [-0.4, -0.2) is 30.5 Å². The molecule has 0 aliphatic rings. The average molecular weight is 342 g/mol. The van der Waals surface area contributed by atoms with Crippen LogP contribution in [0.2, 0.25) is 0 Å². The largest absolute Gasteiger partial charge is 0.496 e. The number of carboxylic acid groups (broad SMARTS) is 1. The second kappa shape index (κ2) is 5.54. The Morgan fingerprint density at radius 1 is 1.30 bits per heavy atom. The van der Waals surface area contributed by atoms with E-state index in [0.717, 1.165) is 0 Å². The summed E-state index contributed by atoms with van der Waals surface area (Å²) in [5.74, 6) is 0.130. The molecule has 1 heterocycles. The van der Waals surface area contributed by atoms with Crippen molar-refractivity contribution in [3.63, 3.8) is 0 Å². The van der Waals surface area contributed by atoms with Crippen molar-refractivity contribution < 1.29 is 23.9 Å². The number of aromatic nitrogens is 1. The lowest BCUT2D eigenvalue weighted by atomic mass is 10.0. The van der Waals surface area contributed by atoms with Gasteiger partial charge in [-0.3, -0.25) is 0 Å². The number of rotatable bonds is 4. The second-order valence-corrected chi connectivity index (χ2v) is 4.81. The zero-order chi connectivity index (χ0) is 14.9. The van der Waals surface area contributed by atoms with Crippen molar-refractivity contribution in [1.82, 2.24) is 5.16 Å². The third kappa shape index (κ3) is 2.36. The monoisotopic (exact) mass is 341 g/mol. The zero-order valence-electron chi connectivity index (χ0n) is 11.1. The molecule has 0 aliphatic carbocycles. The molecule has 6 nitrogen and oxygen atoms in total. The maximum Gasteiger partial charge on any atom is 0.341 e. The van der Waals surface area contributed by atoms with Gasteiger partial charge in [0.15, 0.2) is 0 Å². The Labute approximate surface area is 123 Å². The number of nitrogens with zero attached hydrogens (tertiary/aromatic N) is 1. The maximum absolute atomic E-state index is 11.3. The zero-order valence-corrected chi connectivity index (χ0v) is 12.6. The second-order valence-electron chi connectivity index (χ2n) is 3.95. The van der Waals surface area contributed by atoms with Crippen LogP contribution < -0.4 is 9.47 Å². The predicted octanol–water partition coefficient (Wildman–Crippen LogP) is 3.13. The first kappa shape index (κ1) is 14.4. The highest BCUT2D eigenvalue weighted by Crippen LogP contribution is 2.39. The number of benzene rings is 1. The molecule has 1 N–H and O–H groups in total. The van der Waals surface area contributed by atoms with E-state index >= 15 is 0 Å². The van der Waals surface area contributed by atoms with Crippen LogP contribution in [0.4, 0.5) is 0 Å². The van der Waals surface area contributed by atoms with Crippen LogP contribution in [0.15, 0.2) is 21.1 Å². The van der Waals surface area contributed by atoms with Crippen LogP contribution >= 0.6 is 15.9 Å². The molecule has 1 aromatic carbocycles. The number of ether oxygens (including phenoxy) is 2. The van der Waals surface area contributed by atoms with Gasteiger partial charge in [-0.05, 0) is 35.0 Å². The summed E-state index contributed by atoms with van der Waals surface area (Å²) in [7, 11) is 3.01. The van der Waals surface area contributed by atoms with Gasteiger partial charge < -0.3 is 19.1 Å². The number of carboxylic acids is 1. The van der Waals surface area contributed by atoms with Gasteiger partial charge in [0.25, 0.3) is 0 Å². The molecule has 7 heteroatoms. The van der Waals surface area contributed by atoms with Gasteiger partial charge in [-0.25, -0.2) is 4.79 Å². The molecule has 20 heavy (non-hydrogen) atoms. The number of aromatic carboxylic acids is 1. The minimum absolute atomic E-state index is 0.00711. The third-order valence-electron chi connectivity index (χ3n) is 2.81. The van der Waals surface area contributed by atoms with Gasteiger partial charge >= 0.3 is 5.97 Å². The molecule has 0 amide bonds. The Hall–Kier alpha value is -2.02. The number of methoxy groups -OCH3 is 2. The van der Waals surface area contributed by atoms with Gasteiger partial charge in [-0.1, -0.05) is 5.16 Å². The molecule has 0 saturated carbocycles. The van der Waals surface area contributed by atoms with E-state index < -0.39 is 5.97 Å². The van der Waals surface area contributed by atoms with Crippen LogP contribution in [0.1, 0.15) is 16.1 Å². The summed E-state index contributed by atoms with van der Waals surface area (Å²) < 4.78 is 16.1. The fourth-order valence-electron chi connectivity index (χ4n) is 1.85. The summed E-state index contributed by atoms with van der Waals surface area (Å²) in [6.45, 7) is 1.54. The van der Waals surface area contributed by atoms with Crippen LogP contribution in [0.3, 0.4) is 0 Å². The molecule has 0 atom stereocenters. The van der Waals surface area contributed by atoms with Gasteiger partial charge in [0.1, 0.15) is 28.5 Å². The average Bonchev–Trinajstić information content (AvgIpc) is 2.80. The third-order valence-corrected chi connectivity index (χ3v) is 3.43. The Balaban J connectivity index is 2.72. The molecule has 2 rings (SSSR count). The first-order valence-corrected chi connectivity index (χ1v) is 6.40. The lowest BCUT2D eigenvalue weighted by Crippen LogP contribution is -2.00. The lowest BCUT2D eigenvalue weighted by Gasteiger charge is -2.11. The number of hydrogen-bond acceptors (Lipinski definition) is 5. The molecule has 106 valence electrons. The molecule has 0 bridgehead atoms. The van der Waals surface area contributed by atoms with E-state index in [1.807, 2.05) is 0 Å². The molecule has 0 aliphatic heterocycles. The number of carbonyl (C=O) groups is 1. The molecule has 0 saturated heterocycles. The molecular weight excluding hydrogens is 330 g/mol. The van der Waals surface area contributed by atoms with Crippen molar-refractivity contribution in [3.8, 4) is 22.8 Å². The fraction of sp³-hybridized carbons (Fsp3) is 0.231. The Morgan fingerprint density at radius 2 is 1.95 bits per heavy atom. The minimum atomic E-state index is -1.11. The van der Waals surface area contributed by atoms with E-state index in [9.17, 15) is 9.90 Å². The molecule has 2 aromatic rings. The maximum atomic E-state index is 11.3. The molecule has 0 fully saturated rings. The van der Waals surface area contributed by atoms with Crippen LogP contribution in [0.25, 0.3) is 11.3 Å². The summed E-state index contributed by atoms with van der Waals surface area (Å²) in [6, 6.07) is 3.33. The summed E-state index contributed by atoms with van der Waals surface area (Å²) >= 11 is 3.34. The van der Waals surface area contributed by atoms with Crippen molar-refractivity contribution in [2.24, 2.45) is 0 Å². The quantitative estimate of drug-likeness (QED) is 0.919. The molecule has 0 radical (unpaired) electrons. The number of aryl methyl sites for hydroxylation is 1. The smallest absolute Gasteiger partial charge is 0.341 e. The van der Waals surface area contributed by atoms with E-state index in [1.165, 1.54) is 14.2 Å². The van der Waals surface area contributed by atoms with Crippen molar-refractivity contribution in [1.29, 1.82) is 0 Å². The molecular formula is C13H12BrNO5. The molecule has 1 aromatic heterocycles. The van der Waals surface area contributed by atoms with Crippen molar-refractivity contribution in [2.75, 3.05) is 14.2 Å². The van der Waals surface area contributed by atoms with Gasteiger partial charge in [-0.15, -0.1) is 0 Å². The first-order chi connectivity index (χ1) is 9.49. The van der Waals surface area contributed by atoms with Crippen molar-refractivity contribution in [2.45, 2.75) is 6.92 Å². The summed E-state index contributed by atoms with van der Waals surface area (Å²) in [6.07, 6.45) is 0. The summed E-state index contributed by atoms with van der Waals surface area (Å²) in [5.41, 5.74) is 0.701. The van der Waals surface area contributed by atoms with Crippen molar-refractivity contribution in [3.05, 3.63) is 27.9 Å². The lowest BCUT2D eigenvalue weighted by molar-refractivity contribution is 0.0696. The van der Waals surface area contributed by atoms with Crippen LogP contribution in [0.5, 0.6) is 11.5 Å². The highest BCUT2D eigenvalue weighted by molar-refractivity contribution is 9.10. The van der Waals surface area contributed by atoms with E-state index in [0.29, 0.717) is 21.5 Å². The predicted molar refractivity (Wildman–Crippen MR) is 74.4 cm³/mol. The number of hydrogen-bond donors (Lipinski definition) is 1. The molecule has 0 spiro atoms. The SMILES string of the molecule is COc1cc(-c2noc(C)c2C(=O)O)c(OC)cc1Br. The molecule has 0 unspecified atom stereocenters. The Kier molecular flexibility index (Phi) is 3.99. The van der Waals surface area contributed by atoms with Gasteiger partial charge in [-0.2, -0.15) is 0 Å². The van der Waals surface area contributed by atoms with Crippen molar-refractivity contribution >= 4 is 21.9 Å². The summed E-state index contributed by atoms with van der Waals surface area (Å²) in [4.78, 5) is 11.3. The Bertz CT molecular complexity index is 665. The normalized spacial score (nSPS) is 10.4. The fourth-order valence-corrected chi connectivity index (χ4v) is 2.34. The highest BCUT2D eigenvalue weighted by atomic mass is 79.9. The van der Waals surface area contributed by atoms with E-state index in [2.05, 4.69) is 21.1 Å². The van der Waals surface area contributed by atoms with Gasteiger partial charge in [0, 0.05) is 0 Å². The van der Waals surface area contributed by atoms with E-state index in [1.54, 1.807) is 19.1 Å². The Morgan fingerprint density at radius 3 is 2.50 bits per heavy atom. The topological polar surface area (TPSA) is 81.8 Å². The highest BCUT2D eigenvalue weighted by Gasteiger charge is 2.24. The number of halogens is 1. The summed E-state index contributed by atoms with van der Waals surface area (Å²) in [5, 5.41) is 13.1. The van der Waals surface area contributed by atoms with Gasteiger partial charge in [0.05, 0.1) is 24.3 Å². The van der Waals surface area contributed by atoms with Crippen LogP contribution in [0, 0.1) is 6.92 Å². The van der Waals surface area contributed by atoms with Gasteiger partial charge in [0.2, 0.25) is 0 Å². The standard InChI is InChI=1S/C13H12BrNO5/c1-6-11(13(16)17)12(15-20-6)7-4-10(19-3)8(14)5-9(7)18-2/h4-5H,1-3H3,(H,16,17).